The maximum atomic E-state index is 14.7. The van der Waals surface area contributed by atoms with Crippen LogP contribution in [0.2, 0.25) is 0 Å². The molecular formula is C24H17F4N3O2. The fraction of sp³-hybridized carbons (Fsp3) is 0.167. The van der Waals surface area contributed by atoms with Gasteiger partial charge in [0.1, 0.15) is 5.82 Å². The minimum atomic E-state index is -4.59. The first kappa shape index (κ1) is 22.3. The minimum Gasteiger partial charge on any atom is -0.324 e. The van der Waals surface area contributed by atoms with E-state index in [0.717, 1.165) is 23.5 Å². The van der Waals surface area contributed by atoms with E-state index in [0.29, 0.717) is 29.3 Å². The number of ketones is 1. The van der Waals surface area contributed by atoms with Gasteiger partial charge in [-0.3, -0.25) is 19.6 Å². The van der Waals surface area contributed by atoms with Crippen molar-refractivity contribution < 1.29 is 27.2 Å². The molecule has 3 aromatic rings. The summed E-state index contributed by atoms with van der Waals surface area (Å²) in [5.74, 6) is -1.40. The molecule has 1 aliphatic carbocycles. The van der Waals surface area contributed by atoms with E-state index in [1.165, 1.54) is 19.1 Å². The Morgan fingerprint density at radius 2 is 1.85 bits per heavy atom. The van der Waals surface area contributed by atoms with Gasteiger partial charge in [-0.1, -0.05) is 18.2 Å². The van der Waals surface area contributed by atoms with Crippen LogP contribution in [0.1, 0.15) is 29.3 Å². The molecule has 168 valence electrons. The number of nitrogens with one attached hydrogen (secondary N) is 1. The van der Waals surface area contributed by atoms with Crippen molar-refractivity contribution in [3.63, 3.8) is 0 Å². The predicted octanol–water partition coefficient (Wildman–Crippen LogP) is 5.01. The standard InChI is InChI=1S/C24H17F4N3O2/c1-13(32)19-4-5-22-20(19)6-16(10-30-22)14-2-3-15(21(25)7-14)8-23(33)31-18-9-17(11-29-12-18)24(26,27)28/h2-4,6-7,9-12H,5,8H2,1H3,(H,31,33). The number of carbonyl (C=O) groups excluding carboxylic acids is 2. The number of rotatable bonds is 5. The largest absolute Gasteiger partial charge is 0.417 e. The van der Waals surface area contributed by atoms with E-state index >= 15 is 0 Å². The second-order valence-electron chi connectivity index (χ2n) is 7.59. The highest BCUT2D eigenvalue weighted by molar-refractivity contribution is 6.21. The van der Waals surface area contributed by atoms with Crippen molar-refractivity contribution in [2.24, 2.45) is 0 Å². The number of pyridine rings is 2. The Bertz CT molecular complexity index is 1300. The highest BCUT2D eigenvalue weighted by Crippen LogP contribution is 2.32. The Hall–Kier alpha value is -3.88. The van der Waals surface area contributed by atoms with E-state index in [4.69, 9.17) is 0 Å². The molecule has 0 atom stereocenters. The maximum Gasteiger partial charge on any atom is 0.417 e. The Morgan fingerprint density at radius 1 is 1.06 bits per heavy atom. The van der Waals surface area contributed by atoms with Crippen LogP contribution in [0.4, 0.5) is 23.2 Å². The van der Waals surface area contributed by atoms with Gasteiger partial charge in [0.15, 0.2) is 5.78 Å². The molecule has 0 fully saturated rings. The summed E-state index contributed by atoms with van der Waals surface area (Å²) >= 11 is 0. The number of aromatic nitrogens is 2. The summed E-state index contributed by atoms with van der Waals surface area (Å²) in [7, 11) is 0. The smallest absolute Gasteiger partial charge is 0.324 e. The topological polar surface area (TPSA) is 72.0 Å². The number of alkyl halides is 3. The third-order valence-corrected chi connectivity index (χ3v) is 5.23. The second kappa shape index (κ2) is 8.57. The van der Waals surface area contributed by atoms with Gasteiger partial charge in [0, 0.05) is 35.5 Å². The third kappa shape index (κ3) is 4.82. The summed E-state index contributed by atoms with van der Waals surface area (Å²) in [4.78, 5) is 31.9. The minimum absolute atomic E-state index is 0.0730. The molecule has 0 unspecified atom stereocenters. The fourth-order valence-electron chi connectivity index (χ4n) is 3.60. The van der Waals surface area contributed by atoms with Crippen molar-refractivity contribution in [1.82, 2.24) is 9.97 Å². The molecule has 1 aliphatic rings. The zero-order valence-corrected chi connectivity index (χ0v) is 17.3. The Balaban J connectivity index is 1.50. The number of Topliss-reactive ketones (excluding diaryl/α,β-unsaturated/α-hetero) is 1. The first-order valence-corrected chi connectivity index (χ1v) is 9.93. The number of amides is 1. The van der Waals surface area contributed by atoms with Crippen LogP contribution in [0.15, 0.2) is 55.0 Å². The molecule has 1 N–H and O–H groups in total. The van der Waals surface area contributed by atoms with Gasteiger partial charge in [0.25, 0.3) is 0 Å². The number of hydrogen-bond acceptors (Lipinski definition) is 4. The molecular weight excluding hydrogens is 438 g/mol. The van der Waals surface area contributed by atoms with Crippen LogP contribution in [0.3, 0.4) is 0 Å². The monoisotopic (exact) mass is 455 g/mol. The van der Waals surface area contributed by atoms with Gasteiger partial charge in [-0.2, -0.15) is 13.2 Å². The lowest BCUT2D eigenvalue weighted by atomic mass is 9.99. The number of fused-ring (bicyclic) bond motifs is 1. The molecule has 0 radical (unpaired) electrons. The van der Waals surface area contributed by atoms with Gasteiger partial charge in [0.05, 0.1) is 29.6 Å². The molecule has 33 heavy (non-hydrogen) atoms. The second-order valence-corrected chi connectivity index (χ2v) is 7.59. The quantitative estimate of drug-likeness (QED) is 0.549. The number of anilines is 1. The van der Waals surface area contributed by atoms with Crippen LogP contribution < -0.4 is 5.32 Å². The summed E-state index contributed by atoms with van der Waals surface area (Å²) < 4.78 is 53.1. The van der Waals surface area contributed by atoms with Crippen molar-refractivity contribution in [2.45, 2.75) is 25.9 Å². The third-order valence-electron chi connectivity index (χ3n) is 5.23. The van der Waals surface area contributed by atoms with Crippen molar-refractivity contribution in [3.8, 4) is 11.1 Å². The van der Waals surface area contributed by atoms with Gasteiger partial charge < -0.3 is 5.32 Å². The lowest BCUT2D eigenvalue weighted by Gasteiger charge is -2.11. The van der Waals surface area contributed by atoms with Crippen molar-refractivity contribution in [1.29, 1.82) is 0 Å². The van der Waals surface area contributed by atoms with Gasteiger partial charge in [0.2, 0.25) is 5.91 Å². The molecule has 4 rings (SSSR count). The maximum absolute atomic E-state index is 14.7. The first-order chi connectivity index (χ1) is 15.6. The van der Waals surface area contributed by atoms with Gasteiger partial charge in [-0.25, -0.2) is 4.39 Å². The Morgan fingerprint density at radius 3 is 2.55 bits per heavy atom. The van der Waals surface area contributed by atoms with Crippen LogP contribution in [-0.4, -0.2) is 21.7 Å². The van der Waals surface area contributed by atoms with Crippen LogP contribution >= 0.6 is 0 Å². The number of halogens is 4. The van der Waals surface area contributed by atoms with E-state index in [1.807, 2.05) is 6.08 Å². The SMILES string of the molecule is CC(=O)C1=CCc2ncc(-c3ccc(CC(=O)Nc4cncc(C(F)(F)F)c4)c(F)c3)cc21. The van der Waals surface area contributed by atoms with Gasteiger partial charge in [-0.05, 0) is 36.2 Å². The Kier molecular flexibility index (Phi) is 5.80. The van der Waals surface area contributed by atoms with Crippen molar-refractivity contribution in [2.75, 3.05) is 5.32 Å². The molecule has 0 saturated heterocycles. The number of carbonyl (C=O) groups is 2. The molecule has 1 amide bonds. The molecule has 0 spiro atoms. The number of nitrogens with zero attached hydrogens (tertiary/aromatic N) is 2. The summed E-state index contributed by atoms with van der Waals surface area (Å²) in [6.45, 7) is 1.47. The summed E-state index contributed by atoms with van der Waals surface area (Å²) in [5.41, 5.74) is 2.16. The highest BCUT2D eigenvalue weighted by atomic mass is 19.4. The molecule has 5 nitrogen and oxygen atoms in total. The van der Waals surface area contributed by atoms with Crippen molar-refractivity contribution in [3.05, 3.63) is 83.2 Å². The van der Waals surface area contributed by atoms with Crippen LogP contribution in [0, 0.1) is 5.82 Å². The van der Waals surface area contributed by atoms with Gasteiger partial charge in [-0.15, -0.1) is 0 Å². The van der Waals surface area contributed by atoms with E-state index in [9.17, 15) is 27.2 Å². The summed E-state index contributed by atoms with van der Waals surface area (Å²) in [6, 6.07) is 6.85. The lowest BCUT2D eigenvalue weighted by Crippen LogP contribution is -2.16. The molecule has 2 heterocycles. The molecule has 1 aromatic carbocycles. The van der Waals surface area contributed by atoms with Crippen LogP contribution in [0.5, 0.6) is 0 Å². The summed E-state index contributed by atoms with van der Waals surface area (Å²) in [6.07, 6.45) is 0.733. The van der Waals surface area contributed by atoms with Crippen LogP contribution in [-0.2, 0) is 28.6 Å². The van der Waals surface area contributed by atoms with Crippen LogP contribution in [0.25, 0.3) is 16.7 Å². The summed E-state index contributed by atoms with van der Waals surface area (Å²) in [5, 5.41) is 2.30. The molecule has 2 aromatic heterocycles. The van der Waals surface area contributed by atoms with Gasteiger partial charge >= 0.3 is 6.18 Å². The molecule has 9 heteroatoms. The average Bonchev–Trinajstić information content (AvgIpc) is 3.18. The normalized spacial score (nSPS) is 12.8. The zero-order valence-electron chi connectivity index (χ0n) is 17.3. The number of benzene rings is 1. The average molecular weight is 455 g/mol. The van der Waals surface area contributed by atoms with E-state index < -0.39 is 23.5 Å². The van der Waals surface area contributed by atoms with E-state index in [-0.39, 0.29) is 23.5 Å². The number of allylic oxidation sites excluding steroid dienone is 2. The van der Waals surface area contributed by atoms with E-state index in [1.54, 1.807) is 18.3 Å². The zero-order chi connectivity index (χ0) is 23.8. The molecule has 0 aliphatic heterocycles. The fourth-order valence-corrected chi connectivity index (χ4v) is 3.60. The van der Waals surface area contributed by atoms with E-state index in [2.05, 4.69) is 15.3 Å². The Labute approximate surface area is 186 Å². The molecule has 0 bridgehead atoms. The lowest BCUT2D eigenvalue weighted by molar-refractivity contribution is -0.137. The molecule has 0 saturated carbocycles. The van der Waals surface area contributed by atoms with Crippen molar-refractivity contribution >= 4 is 23.0 Å². The highest BCUT2D eigenvalue weighted by Gasteiger charge is 2.31. The first-order valence-electron chi connectivity index (χ1n) is 9.93. The predicted molar refractivity (Wildman–Crippen MR) is 114 cm³/mol. The number of hydrogen-bond donors (Lipinski definition) is 1.